The van der Waals surface area contributed by atoms with Gasteiger partial charge in [-0.2, -0.15) is 0 Å². The first kappa shape index (κ1) is 48.6. The Hall–Kier alpha value is -9.24. The van der Waals surface area contributed by atoms with Crippen LogP contribution in [0.2, 0.25) is 0 Å². The van der Waals surface area contributed by atoms with Crippen molar-refractivity contribution in [2.75, 3.05) is 9.80 Å². The molecule has 2 nitrogen and oxygen atoms in total. The van der Waals surface area contributed by atoms with Crippen LogP contribution in [-0.4, -0.2) is 0 Å². The number of hydrogen-bond donors (Lipinski definition) is 0. The molecular formula is C80H64N2. The third kappa shape index (κ3) is 6.94. The van der Waals surface area contributed by atoms with Gasteiger partial charge in [0.15, 0.2) is 0 Å². The van der Waals surface area contributed by atoms with Crippen molar-refractivity contribution < 1.29 is 0 Å². The Morgan fingerprint density at radius 3 is 0.829 bits per heavy atom. The molecule has 0 saturated heterocycles. The smallest absolute Gasteiger partial charge is 0.0544 e. The predicted molar refractivity (Wildman–Crippen MR) is 347 cm³/mol. The summed E-state index contributed by atoms with van der Waals surface area (Å²) in [5, 5.41) is 5.03. The fourth-order valence-electron chi connectivity index (χ4n) is 15.0. The molecule has 394 valence electrons. The molecule has 4 heterocycles. The van der Waals surface area contributed by atoms with E-state index in [0.717, 1.165) is 0 Å². The zero-order valence-electron chi connectivity index (χ0n) is 48.0. The van der Waals surface area contributed by atoms with Crippen LogP contribution in [0.25, 0.3) is 77.2 Å². The van der Waals surface area contributed by atoms with Gasteiger partial charge in [0.2, 0.25) is 0 Å². The third-order valence-electron chi connectivity index (χ3n) is 19.8. The van der Waals surface area contributed by atoms with Crippen LogP contribution < -0.4 is 9.80 Å². The number of nitrogens with zero attached hydrogens (tertiary/aromatic N) is 2. The average Bonchev–Trinajstić information content (AvgIpc) is 0.895. The van der Waals surface area contributed by atoms with Gasteiger partial charge in [-0.1, -0.05) is 225 Å². The zero-order valence-corrected chi connectivity index (χ0v) is 48.0. The molecule has 4 aliphatic rings. The number of fused-ring (bicyclic) bond motifs is 10. The van der Waals surface area contributed by atoms with E-state index in [4.69, 9.17) is 0 Å². The molecule has 0 saturated carbocycles. The van der Waals surface area contributed by atoms with Gasteiger partial charge < -0.3 is 9.80 Å². The van der Waals surface area contributed by atoms with E-state index < -0.39 is 0 Å². The Morgan fingerprint density at radius 2 is 0.451 bits per heavy atom. The van der Waals surface area contributed by atoms with Gasteiger partial charge >= 0.3 is 0 Å². The van der Waals surface area contributed by atoms with Crippen LogP contribution in [0.1, 0.15) is 99.9 Å². The van der Waals surface area contributed by atoms with Gasteiger partial charge in [-0.25, -0.2) is 0 Å². The van der Waals surface area contributed by atoms with E-state index in [1.807, 2.05) is 0 Å². The maximum atomic E-state index is 2.60. The normalized spacial score (nSPS) is 15.9. The van der Waals surface area contributed by atoms with Gasteiger partial charge in [0.25, 0.3) is 0 Å². The lowest BCUT2D eigenvalue weighted by atomic mass is 9.65. The summed E-state index contributed by atoms with van der Waals surface area (Å²) in [5.74, 6) is 0. The lowest BCUT2D eigenvalue weighted by Gasteiger charge is -2.50. The first-order valence-electron chi connectivity index (χ1n) is 29.3. The molecule has 0 bridgehead atoms. The monoisotopic (exact) mass is 1050 g/mol. The highest BCUT2D eigenvalue weighted by Crippen LogP contribution is 2.63. The van der Waals surface area contributed by atoms with Crippen LogP contribution in [0.15, 0.2) is 243 Å². The van der Waals surface area contributed by atoms with Crippen molar-refractivity contribution in [1.82, 2.24) is 0 Å². The summed E-state index contributed by atoms with van der Waals surface area (Å²) in [6.45, 7) is 19.4. The molecule has 0 N–H and O–H groups in total. The Morgan fingerprint density at radius 1 is 0.195 bits per heavy atom. The Balaban J connectivity index is 0.790. The van der Waals surface area contributed by atoms with Gasteiger partial charge in [-0.15, -0.1) is 0 Å². The van der Waals surface area contributed by atoms with Gasteiger partial charge in [-0.05, 0) is 194 Å². The molecule has 2 heteroatoms. The SMILES string of the molecule is CC1(C)c2ccccc2N2c3ccccc3C(C)(C)c3cc(-c4ccc(-c5ccc(-c6cc7c8c(c6)C(C)(C)c6cc(-c9ccc%10ccccc%10c9)ccc6N8c6ccc(-c8ccc9ccccc9c8)cc6C7(C)C)cc5)cc4)cc1c32. The van der Waals surface area contributed by atoms with Crippen molar-refractivity contribution >= 4 is 55.7 Å². The molecule has 12 aromatic rings. The molecule has 0 aliphatic carbocycles. The lowest BCUT2D eigenvalue weighted by molar-refractivity contribution is 0.597. The van der Waals surface area contributed by atoms with Gasteiger partial charge in [-0.3, -0.25) is 0 Å². The fraction of sp³-hybridized carbons (Fsp3) is 0.150. The molecule has 0 amide bonds. The summed E-state index contributed by atoms with van der Waals surface area (Å²) in [7, 11) is 0. The Labute approximate surface area is 482 Å². The fourth-order valence-corrected chi connectivity index (χ4v) is 15.0. The van der Waals surface area contributed by atoms with Gasteiger partial charge in [0, 0.05) is 21.7 Å². The van der Waals surface area contributed by atoms with Crippen molar-refractivity contribution in [1.29, 1.82) is 0 Å². The Kier molecular flexibility index (Phi) is 10.2. The summed E-state index contributed by atoms with van der Waals surface area (Å²) in [6, 6.07) is 92.2. The number of anilines is 6. The van der Waals surface area contributed by atoms with Crippen LogP contribution >= 0.6 is 0 Å². The van der Waals surface area contributed by atoms with Crippen LogP contribution in [0.3, 0.4) is 0 Å². The van der Waals surface area contributed by atoms with E-state index in [1.54, 1.807) is 0 Å². The second kappa shape index (κ2) is 17.1. The first-order chi connectivity index (χ1) is 39.6. The standard InChI is InChI=1S/C80H64N2/c1-77(2)63-21-13-15-23-71(63)81-72-24-16-14-22-64(72)78(3,4)68-46-61(45-67(77)75(68)81)53-29-25-51(26-30-53)52-27-31-54(32-28-52)62-47-69-76-70(48-62)80(7,8)66-44-60(58-36-34-50-18-10-12-20-56(50)42-58)38-40-74(66)82(76)73-39-37-59(43-65(73)79(69,5)6)57-35-33-49-17-9-11-19-55(49)41-57/h9-48H,1-8H3. The summed E-state index contributed by atoms with van der Waals surface area (Å²) < 4.78 is 0. The molecule has 12 aromatic carbocycles. The van der Waals surface area contributed by atoms with Crippen LogP contribution in [-0.2, 0) is 21.7 Å². The van der Waals surface area contributed by atoms with E-state index in [2.05, 4.69) is 308 Å². The van der Waals surface area contributed by atoms with Crippen molar-refractivity contribution in [3.05, 3.63) is 287 Å². The highest BCUT2D eigenvalue weighted by atomic mass is 15.2. The second-order valence-corrected chi connectivity index (χ2v) is 25.8. The number of rotatable bonds is 5. The summed E-state index contributed by atoms with van der Waals surface area (Å²) in [6.07, 6.45) is 0. The van der Waals surface area contributed by atoms with Crippen molar-refractivity contribution in [2.24, 2.45) is 0 Å². The highest BCUT2D eigenvalue weighted by Gasteiger charge is 2.48. The molecule has 4 aliphatic heterocycles. The molecule has 0 spiro atoms. The minimum atomic E-state index is -0.311. The van der Waals surface area contributed by atoms with Crippen LogP contribution in [0.5, 0.6) is 0 Å². The largest absolute Gasteiger partial charge is 0.309 e. The quantitative estimate of drug-likeness (QED) is 0.169. The first-order valence-corrected chi connectivity index (χ1v) is 29.3. The van der Waals surface area contributed by atoms with Crippen molar-refractivity contribution in [3.8, 4) is 55.6 Å². The van der Waals surface area contributed by atoms with Crippen molar-refractivity contribution in [3.63, 3.8) is 0 Å². The molecular weight excluding hydrogens is 989 g/mol. The summed E-state index contributed by atoms with van der Waals surface area (Å²) in [4.78, 5) is 5.15. The van der Waals surface area contributed by atoms with Gasteiger partial charge in [0.05, 0.1) is 34.1 Å². The Bertz CT molecular complexity index is 4440. The lowest BCUT2D eigenvalue weighted by Crippen LogP contribution is -2.38. The number of benzene rings is 12. The van der Waals surface area contributed by atoms with Gasteiger partial charge in [0.1, 0.15) is 0 Å². The maximum Gasteiger partial charge on any atom is 0.0544 e. The number of hydrogen-bond acceptors (Lipinski definition) is 2. The molecule has 0 unspecified atom stereocenters. The minimum Gasteiger partial charge on any atom is -0.309 e. The molecule has 0 radical (unpaired) electrons. The number of para-hydroxylation sites is 2. The molecule has 16 rings (SSSR count). The average molecular weight is 1050 g/mol. The third-order valence-corrected chi connectivity index (χ3v) is 19.8. The maximum absolute atomic E-state index is 2.60. The second-order valence-electron chi connectivity index (χ2n) is 25.8. The molecule has 0 aromatic heterocycles. The summed E-state index contributed by atoms with van der Waals surface area (Å²) in [5.41, 5.74) is 29.9. The van der Waals surface area contributed by atoms with E-state index in [0.29, 0.717) is 0 Å². The minimum absolute atomic E-state index is 0.184. The molecule has 82 heavy (non-hydrogen) atoms. The predicted octanol–water partition coefficient (Wildman–Crippen LogP) is 21.8. The highest BCUT2D eigenvalue weighted by molar-refractivity contribution is 5.98. The van der Waals surface area contributed by atoms with E-state index in [1.165, 1.54) is 156 Å². The van der Waals surface area contributed by atoms with Crippen LogP contribution in [0.4, 0.5) is 34.1 Å². The van der Waals surface area contributed by atoms with E-state index >= 15 is 0 Å². The topological polar surface area (TPSA) is 6.48 Å². The van der Waals surface area contributed by atoms with E-state index in [9.17, 15) is 0 Å². The zero-order chi connectivity index (χ0) is 55.6. The van der Waals surface area contributed by atoms with Crippen LogP contribution in [0, 0.1) is 0 Å². The summed E-state index contributed by atoms with van der Waals surface area (Å²) >= 11 is 0. The molecule has 0 fully saturated rings. The molecule has 0 atom stereocenters. The van der Waals surface area contributed by atoms with E-state index in [-0.39, 0.29) is 21.7 Å². The van der Waals surface area contributed by atoms with Crippen molar-refractivity contribution in [2.45, 2.75) is 77.0 Å².